The zero-order valence-electron chi connectivity index (χ0n) is 14.6. The van der Waals surface area contributed by atoms with Crippen molar-refractivity contribution in [3.05, 3.63) is 0 Å². The summed E-state index contributed by atoms with van der Waals surface area (Å²) < 4.78 is 10.3. The number of hydrogen-bond acceptors (Lipinski definition) is 1. The summed E-state index contributed by atoms with van der Waals surface area (Å²) in [5.74, 6) is 0. The highest BCUT2D eigenvalue weighted by Crippen LogP contribution is 2.14. The van der Waals surface area contributed by atoms with Crippen LogP contribution >= 0.6 is 8.46 Å². The maximum absolute atomic E-state index is 10.3. The fraction of sp³-hybridized carbons (Fsp3) is 1.00. The van der Waals surface area contributed by atoms with Gasteiger partial charge in [0.15, 0.2) is 8.46 Å². The summed E-state index contributed by atoms with van der Waals surface area (Å²) in [5, 5.41) is 0. The molecule has 0 aromatic rings. The quantitative estimate of drug-likeness (QED) is 0.185. The van der Waals surface area contributed by atoms with Crippen LogP contribution in [0.5, 0.6) is 0 Å². The third-order valence-corrected chi connectivity index (χ3v) is 4.85. The van der Waals surface area contributed by atoms with Gasteiger partial charge in [0, 0.05) is 6.16 Å². The molecule has 0 N–H and O–H groups in total. The van der Waals surface area contributed by atoms with Crippen LogP contribution in [0, 0.1) is 0 Å². The zero-order chi connectivity index (χ0) is 15.4. The van der Waals surface area contributed by atoms with Crippen LogP contribution in [-0.2, 0) is 4.57 Å². The Bertz CT molecular complexity index is 194. The second kappa shape index (κ2) is 20.1. The van der Waals surface area contributed by atoms with Gasteiger partial charge in [-0.2, -0.15) is 0 Å². The highest BCUT2D eigenvalue weighted by atomic mass is 31.1. The summed E-state index contributed by atoms with van der Waals surface area (Å²) in [5.41, 5.74) is 0. The standard InChI is InChI=1S/C19H39OP/c1-2-3-4-5-6-7-8-9-10-11-12-13-14-15-16-17-18-19-21-20/h2-19H2,1H3. The first-order valence-corrected chi connectivity index (χ1v) is 10.7. The predicted octanol–water partition coefficient (Wildman–Crippen LogP) is 7.93. The van der Waals surface area contributed by atoms with Gasteiger partial charge in [-0.15, -0.1) is 0 Å². The van der Waals surface area contributed by atoms with Gasteiger partial charge in [-0.1, -0.05) is 110 Å². The fourth-order valence-corrected chi connectivity index (χ4v) is 3.25. The molecule has 2 heteroatoms. The number of hydrogen-bond donors (Lipinski definition) is 0. The Hall–Kier alpha value is 0.100. The third-order valence-electron chi connectivity index (χ3n) is 4.35. The van der Waals surface area contributed by atoms with E-state index in [-0.39, 0.29) is 0 Å². The highest BCUT2D eigenvalue weighted by molar-refractivity contribution is 7.23. The van der Waals surface area contributed by atoms with E-state index < -0.39 is 0 Å². The first kappa shape index (κ1) is 21.1. The van der Waals surface area contributed by atoms with Crippen molar-refractivity contribution in [3.63, 3.8) is 0 Å². The van der Waals surface area contributed by atoms with Gasteiger partial charge in [-0.25, -0.2) is 0 Å². The third kappa shape index (κ3) is 20.1. The van der Waals surface area contributed by atoms with E-state index >= 15 is 0 Å². The lowest BCUT2D eigenvalue weighted by atomic mass is 10.0. The molecule has 0 fully saturated rings. The van der Waals surface area contributed by atoms with E-state index in [0.717, 1.165) is 12.6 Å². The average molecular weight is 314 g/mol. The average Bonchev–Trinajstić information content (AvgIpc) is 2.50. The molecule has 0 atom stereocenters. The Labute approximate surface area is 135 Å². The fourth-order valence-electron chi connectivity index (χ4n) is 2.90. The topological polar surface area (TPSA) is 17.1 Å². The molecule has 0 aliphatic carbocycles. The molecule has 0 radical (unpaired) electrons. The van der Waals surface area contributed by atoms with Gasteiger partial charge in [0.2, 0.25) is 0 Å². The monoisotopic (exact) mass is 314 g/mol. The first-order chi connectivity index (χ1) is 10.4. The minimum atomic E-state index is 0.329. The van der Waals surface area contributed by atoms with Crippen LogP contribution in [0.15, 0.2) is 0 Å². The first-order valence-electron chi connectivity index (χ1n) is 9.71. The van der Waals surface area contributed by atoms with Gasteiger partial charge in [-0.05, 0) is 6.42 Å². The van der Waals surface area contributed by atoms with Gasteiger partial charge in [-0.3, -0.25) is 4.57 Å². The SMILES string of the molecule is CCCCCCCCCCCCCCCCCCCP=O. The van der Waals surface area contributed by atoms with Crippen molar-refractivity contribution in [1.29, 1.82) is 0 Å². The van der Waals surface area contributed by atoms with Crippen LogP contribution in [0.2, 0.25) is 0 Å². The van der Waals surface area contributed by atoms with Crippen molar-refractivity contribution in [1.82, 2.24) is 0 Å². The summed E-state index contributed by atoms with van der Waals surface area (Å²) in [7, 11) is 0.329. The van der Waals surface area contributed by atoms with E-state index in [4.69, 9.17) is 0 Å². The maximum Gasteiger partial charge on any atom is 0.155 e. The lowest BCUT2D eigenvalue weighted by Gasteiger charge is -2.03. The molecule has 0 heterocycles. The molecule has 126 valence electrons. The molecule has 0 saturated carbocycles. The molecule has 0 unspecified atom stereocenters. The minimum Gasteiger partial charge on any atom is -0.275 e. The van der Waals surface area contributed by atoms with Crippen LogP contribution in [0.4, 0.5) is 0 Å². The van der Waals surface area contributed by atoms with Crippen LogP contribution in [0.25, 0.3) is 0 Å². The summed E-state index contributed by atoms with van der Waals surface area (Å²) in [4.78, 5) is 0. The van der Waals surface area contributed by atoms with Gasteiger partial charge >= 0.3 is 0 Å². The molecule has 21 heavy (non-hydrogen) atoms. The second-order valence-electron chi connectivity index (χ2n) is 6.51. The maximum atomic E-state index is 10.3. The highest BCUT2D eigenvalue weighted by Gasteiger charge is 1.94. The molecular formula is C19H39OP. The Morgan fingerprint density at radius 1 is 0.476 bits per heavy atom. The van der Waals surface area contributed by atoms with Crippen LogP contribution in [0.3, 0.4) is 0 Å². The van der Waals surface area contributed by atoms with Crippen LogP contribution in [-0.4, -0.2) is 6.16 Å². The Kier molecular flexibility index (Phi) is 20.2. The molecule has 0 saturated heterocycles. The summed E-state index contributed by atoms with van der Waals surface area (Å²) in [6, 6.07) is 0. The van der Waals surface area contributed by atoms with Crippen molar-refractivity contribution in [2.45, 2.75) is 116 Å². The van der Waals surface area contributed by atoms with Gasteiger partial charge in [0.25, 0.3) is 0 Å². The molecular weight excluding hydrogens is 275 g/mol. The lowest BCUT2D eigenvalue weighted by Crippen LogP contribution is -1.84. The van der Waals surface area contributed by atoms with Crippen molar-refractivity contribution >= 4 is 8.46 Å². The van der Waals surface area contributed by atoms with Gasteiger partial charge in [0.1, 0.15) is 0 Å². The Morgan fingerprint density at radius 2 is 0.762 bits per heavy atom. The lowest BCUT2D eigenvalue weighted by molar-refractivity contribution is 0.528. The minimum absolute atomic E-state index is 0.329. The normalized spacial score (nSPS) is 11.3. The molecule has 0 bridgehead atoms. The Morgan fingerprint density at radius 3 is 1.05 bits per heavy atom. The molecule has 0 amide bonds. The summed E-state index contributed by atoms with van der Waals surface area (Å²) in [6.45, 7) is 2.29. The molecule has 0 spiro atoms. The molecule has 0 aliphatic rings. The smallest absolute Gasteiger partial charge is 0.155 e. The second-order valence-corrected chi connectivity index (χ2v) is 7.21. The van der Waals surface area contributed by atoms with Crippen molar-refractivity contribution in [3.8, 4) is 0 Å². The van der Waals surface area contributed by atoms with Crippen molar-refractivity contribution in [2.24, 2.45) is 0 Å². The van der Waals surface area contributed by atoms with E-state index in [1.165, 1.54) is 103 Å². The van der Waals surface area contributed by atoms with E-state index in [0.29, 0.717) is 8.46 Å². The van der Waals surface area contributed by atoms with Crippen molar-refractivity contribution < 1.29 is 4.57 Å². The zero-order valence-corrected chi connectivity index (χ0v) is 15.5. The van der Waals surface area contributed by atoms with E-state index in [2.05, 4.69) is 6.92 Å². The Balaban J connectivity index is 2.91. The van der Waals surface area contributed by atoms with Crippen LogP contribution < -0.4 is 0 Å². The van der Waals surface area contributed by atoms with Crippen molar-refractivity contribution in [2.75, 3.05) is 6.16 Å². The van der Waals surface area contributed by atoms with E-state index in [1.54, 1.807) is 0 Å². The van der Waals surface area contributed by atoms with Gasteiger partial charge in [0.05, 0.1) is 0 Å². The van der Waals surface area contributed by atoms with E-state index in [1.807, 2.05) is 0 Å². The largest absolute Gasteiger partial charge is 0.275 e. The summed E-state index contributed by atoms with van der Waals surface area (Å²) in [6.07, 6.45) is 24.7. The molecule has 0 rings (SSSR count). The summed E-state index contributed by atoms with van der Waals surface area (Å²) >= 11 is 0. The molecule has 0 aliphatic heterocycles. The number of unbranched alkanes of at least 4 members (excludes halogenated alkanes) is 16. The number of rotatable bonds is 18. The molecule has 0 aromatic carbocycles. The molecule has 1 nitrogen and oxygen atoms in total. The van der Waals surface area contributed by atoms with Gasteiger partial charge < -0.3 is 0 Å². The predicted molar refractivity (Wildman–Crippen MR) is 96.6 cm³/mol. The van der Waals surface area contributed by atoms with E-state index in [9.17, 15) is 4.57 Å². The molecule has 0 aromatic heterocycles. The van der Waals surface area contributed by atoms with Crippen LogP contribution in [0.1, 0.15) is 116 Å².